The number of amides is 2. The third kappa shape index (κ3) is 1.77. The fraction of sp³-hybridized carbons (Fsp3) is 0.417. The number of anilines is 2. The van der Waals surface area contributed by atoms with E-state index in [0.717, 1.165) is 10.5 Å². The lowest BCUT2D eigenvalue weighted by Gasteiger charge is -2.18. The number of rotatable bonds is 1. The monoisotopic (exact) mass is 233 g/mol. The third-order valence-corrected chi connectivity index (χ3v) is 2.91. The molecule has 1 fully saturated rings. The number of carbonyl (C=O) groups is 2. The molecule has 0 saturated carbocycles. The summed E-state index contributed by atoms with van der Waals surface area (Å²) in [6, 6.07) is 1.70. The third-order valence-electron chi connectivity index (χ3n) is 2.91. The Labute approximate surface area is 99.6 Å². The molecule has 0 radical (unpaired) electrons. The van der Waals surface area contributed by atoms with Crippen molar-refractivity contribution in [1.29, 1.82) is 0 Å². The van der Waals surface area contributed by atoms with E-state index in [0.29, 0.717) is 11.5 Å². The number of imide groups is 1. The van der Waals surface area contributed by atoms with Crippen molar-refractivity contribution in [2.45, 2.75) is 27.2 Å². The summed E-state index contributed by atoms with van der Waals surface area (Å²) in [6.07, 6.45) is 1.67. The lowest BCUT2D eigenvalue weighted by Crippen LogP contribution is -2.34. The molecule has 0 aromatic carbocycles. The predicted octanol–water partition coefficient (Wildman–Crippen LogP) is 1.26. The second-order valence-corrected chi connectivity index (χ2v) is 5.00. The second kappa shape index (κ2) is 3.55. The summed E-state index contributed by atoms with van der Waals surface area (Å²) in [4.78, 5) is 29.2. The highest BCUT2D eigenvalue weighted by Crippen LogP contribution is 2.35. The summed E-state index contributed by atoms with van der Waals surface area (Å²) >= 11 is 0. The van der Waals surface area contributed by atoms with Gasteiger partial charge in [0, 0.05) is 6.42 Å². The summed E-state index contributed by atoms with van der Waals surface area (Å²) < 4.78 is 0. The van der Waals surface area contributed by atoms with Crippen molar-refractivity contribution in [1.82, 2.24) is 4.98 Å². The molecule has 5 nitrogen and oxygen atoms in total. The van der Waals surface area contributed by atoms with Crippen molar-refractivity contribution >= 4 is 23.3 Å². The summed E-state index contributed by atoms with van der Waals surface area (Å²) in [6.45, 7) is 5.31. The van der Waals surface area contributed by atoms with Gasteiger partial charge < -0.3 is 5.73 Å². The van der Waals surface area contributed by atoms with E-state index < -0.39 is 5.41 Å². The SMILES string of the molecule is Cc1cc(N)cnc1N1C(=O)CC(C)(C)C1=O. The van der Waals surface area contributed by atoms with Gasteiger partial charge in [0.05, 0.1) is 17.3 Å². The van der Waals surface area contributed by atoms with Gasteiger partial charge in [-0.2, -0.15) is 0 Å². The molecule has 2 rings (SSSR count). The van der Waals surface area contributed by atoms with Gasteiger partial charge in [-0.25, -0.2) is 9.88 Å². The van der Waals surface area contributed by atoms with Crippen LogP contribution >= 0.6 is 0 Å². The average Bonchev–Trinajstić information content (AvgIpc) is 2.39. The fourth-order valence-corrected chi connectivity index (χ4v) is 1.99. The smallest absolute Gasteiger partial charge is 0.241 e. The van der Waals surface area contributed by atoms with Crippen LogP contribution < -0.4 is 10.6 Å². The van der Waals surface area contributed by atoms with Crippen molar-refractivity contribution < 1.29 is 9.59 Å². The van der Waals surface area contributed by atoms with Crippen LogP contribution in [-0.4, -0.2) is 16.8 Å². The molecule has 0 bridgehead atoms. The van der Waals surface area contributed by atoms with Crippen LogP contribution in [0.2, 0.25) is 0 Å². The van der Waals surface area contributed by atoms with Crippen LogP contribution in [0.25, 0.3) is 0 Å². The number of nitrogen functional groups attached to an aromatic ring is 1. The van der Waals surface area contributed by atoms with Crippen LogP contribution in [0.1, 0.15) is 25.8 Å². The Morgan fingerprint density at radius 1 is 1.41 bits per heavy atom. The van der Waals surface area contributed by atoms with Gasteiger partial charge in [-0.1, -0.05) is 13.8 Å². The molecule has 17 heavy (non-hydrogen) atoms. The maximum absolute atomic E-state index is 12.1. The van der Waals surface area contributed by atoms with Gasteiger partial charge in [0.2, 0.25) is 11.8 Å². The summed E-state index contributed by atoms with van der Waals surface area (Å²) in [5, 5.41) is 0. The largest absolute Gasteiger partial charge is 0.397 e. The molecule has 2 heterocycles. The number of nitrogens with two attached hydrogens (primary N) is 1. The van der Waals surface area contributed by atoms with E-state index in [9.17, 15) is 9.59 Å². The molecule has 0 unspecified atom stereocenters. The number of hydrogen-bond donors (Lipinski definition) is 1. The highest BCUT2D eigenvalue weighted by molar-refractivity contribution is 6.22. The van der Waals surface area contributed by atoms with Crippen molar-refractivity contribution in [3.63, 3.8) is 0 Å². The first-order chi connectivity index (χ1) is 7.83. The number of carbonyl (C=O) groups excluding carboxylic acids is 2. The fourth-order valence-electron chi connectivity index (χ4n) is 1.99. The molecule has 1 aromatic rings. The highest BCUT2D eigenvalue weighted by Gasteiger charge is 2.46. The molecule has 2 amide bonds. The first-order valence-corrected chi connectivity index (χ1v) is 5.42. The van der Waals surface area contributed by atoms with Gasteiger partial charge in [-0.3, -0.25) is 9.59 Å². The van der Waals surface area contributed by atoms with Gasteiger partial charge in [0.1, 0.15) is 5.82 Å². The summed E-state index contributed by atoms with van der Waals surface area (Å²) in [5.74, 6) is -0.0250. The lowest BCUT2D eigenvalue weighted by molar-refractivity contribution is -0.124. The number of aromatic nitrogens is 1. The molecular formula is C12H15N3O2. The Balaban J connectivity index is 2.48. The first-order valence-electron chi connectivity index (χ1n) is 5.42. The topological polar surface area (TPSA) is 76.3 Å². The molecule has 0 spiro atoms. The molecule has 90 valence electrons. The zero-order valence-corrected chi connectivity index (χ0v) is 10.2. The number of hydrogen-bond acceptors (Lipinski definition) is 4. The number of aryl methyl sites for hydroxylation is 1. The maximum atomic E-state index is 12.1. The Bertz CT molecular complexity index is 508. The molecule has 1 aliphatic rings. The maximum Gasteiger partial charge on any atom is 0.241 e. The van der Waals surface area contributed by atoms with Gasteiger partial charge in [0.15, 0.2) is 0 Å². The van der Waals surface area contributed by atoms with Gasteiger partial charge >= 0.3 is 0 Å². The average molecular weight is 233 g/mol. The Morgan fingerprint density at radius 3 is 2.53 bits per heavy atom. The van der Waals surface area contributed by atoms with E-state index in [1.54, 1.807) is 26.8 Å². The first kappa shape index (κ1) is 11.6. The van der Waals surface area contributed by atoms with Crippen LogP contribution in [0.5, 0.6) is 0 Å². The van der Waals surface area contributed by atoms with Crippen LogP contribution in [0.15, 0.2) is 12.3 Å². The molecule has 1 aromatic heterocycles. The zero-order valence-electron chi connectivity index (χ0n) is 10.2. The van der Waals surface area contributed by atoms with E-state index in [4.69, 9.17) is 5.73 Å². The molecule has 0 atom stereocenters. The predicted molar refractivity (Wildman–Crippen MR) is 64.3 cm³/mol. The number of pyridine rings is 1. The van der Waals surface area contributed by atoms with Crippen molar-refractivity contribution in [2.75, 3.05) is 10.6 Å². The molecule has 1 aliphatic heterocycles. The Morgan fingerprint density at radius 2 is 2.06 bits per heavy atom. The van der Waals surface area contributed by atoms with E-state index in [1.807, 2.05) is 0 Å². The van der Waals surface area contributed by atoms with Gasteiger partial charge in [-0.15, -0.1) is 0 Å². The van der Waals surface area contributed by atoms with Crippen LogP contribution in [0.4, 0.5) is 11.5 Å². The second-order valence-electron chi connectivity index (χ2n) is 5.00. The normalized spacial score (nSPS) is 18.9. The number of nitrogens with zero attached hydrogens (tertiary/aromatic N) is 2. The van der Waals surface area contributed by atoms with Crippen molar-refractivity contribution in [3.05, 3.63) is 17.8 Å². The van der Waals surface area contributed by atoms with Crippen LogP contribution in [-0.2, 0) is 9.59 Å². The summed E-state index contributed by atoms with van der Waals surface area (Å²) in [5.41, 5.74) is 6.20. The minimum Gasteiger partial charge on any atom is -0.397 e. The minimum atomic E-state index is -0.646. The van der Waals surface area contributed by atoms with Gasteiger partial charge in [0.25, 0.3) is 0 Å². The zero-order chi connectivity index (χ0) is 12.8. The highest BCUT2D eigenvalue weighted by atomic mass is 16.2. The molecule has 0 aliphatic carbocycles. The standard InChI is InChI=1S/C12H15N3O2/c1-7-4-8(13)6-14-10(7)15-9(16)5-12(2,3)11(15)17/h4,6H,5,13H2,1-3H3. The molecule has 2 N–H and O–H groups in total. The minimum absolute atomic E-state index is 0.206. The Kier molecular flexibility index (Phi) is 2.41. The van der Waals surface area contributed by atoms with Crippen LogP contribution in [0.3, 0.4) is 0 Å². The van der Waals surface area contributed by atoms with Crippen LogP contribution in [0, 0.1) is 12.3 Å². The molecule has 1 saturated heterocycles. The molecule has 5 heteroatoms. The van der Waals surface area contributed by atoms with E-state index in [2.05, 4.69) is 4.98 Å². The van der Waals surface area contributed by atoms with Crippen molar-refractivity contribution in [2.24, 2.45) is 5.41 Å². The Hall–Kier alpha value is -1.91. The quantitative estimate of drug-likeness (QED) is 0.741. The lowest BCUT2D eigenvalue weighted by atomic mass is 9.92. The van der Waals surface area contributed by atoms with Gasteiger partial charge in [-0.05, 0) is 18.6 Å². The van der Waals surface area contributed by atoms with E-state index in [-0.39, 0.29) is 18.2 Å². The van der Waals surface area contributed by atoms with E-state index in [1.165, 1.54) is 6.20 Å². The van der Waals surface area contributed by atoms with Crippen molar-refractivity contribution in [3.8, 4) is 0 Å². The molecular weight excluding hydrogens is 218 g/mol. The summed E-state index contributed by atoms with van der Waals surface area (Å²) in [7, 11) is 0. The van der Waals surface area contributed by atoms with E-state index >= 15 is 0 Å².